The van der Waals surface area contributed by atoms with Gasteiger partial charge in [0.1, 0.15) is 0 Å². The number of allylic oxidation sites excluding steroid dienone is 7. The molecule has 5 aromatic carbocycles. The van der Waals surface area contributed by atoms with E-state index >= 15 is 0 Å². The minimum Gasteiger partial charge on any atom is -0.314 e. The van der Waals surface area contributed by atoms with Gasteiger partial charge < -0.3 is 9.80 Å². The van der Waals surface area contributed by atoms with Crippen molar-refractivity contribution in [3.05, 3.63) is 191 Å². The molecule has 0 aliphatic heterocycles. The minimum absolute atomic E-state index is 1.04. The summed E-state index contributed by atoms with van der Waals surface area (Å²) in [6.45, 7) is 4.35. The maximum Gasteiger partial charge on any atom is 0.0463 e. The van der Waals surface area contributed by atoms with E-state index in [4.69, 9.17) is 0 Å². The van der Waals surface area contributed by atoms with Gasteiger partial charge in [-0.15, -0.1) is 0 Å². The summed E-state index contributed by atoms with van der Waals surface area (Å²) in [5.41, 5.74) is 14.7. The summed E-state index contributed by atoms with van der Waals surface area (Å²) in [5.74, 6) is 0. The van der Waals surface area contributed by atoms with Crippen LogP contribution in [0.1, 0.15) is 47.9 Å². The molecule has 2 aliphatic rings. The third-order valence-electron chi connectivity index (χ3n) is 8.98. The van der Waals surface area contributed by atoms with Crippen LogP contribution < -0.4 is 9.80 Å². The molecular weight excluding hydrogens is 581 g/mol. The first-order valence-corrected chi connectivity index (χ1v) is 17.1. The highest BCUT2D eigenvalue weighted by Gasteiger charge is 2.17. The van der Waals surface area contributed by atoms with E-state index in [9.17, 15) is 0 Å². The molecule has 0 atom stereocenters. The van der Waals surface area contributed by atoms with Crippen LogP contribution in [-0.4, -0.2) is 0 Å². The number of anilines is 4. The lowest BCUT2D eigenvalue weighted by Gasteiger charge is -2.29. The molecule has 2 nitrogen and oxygen atoms in total. The molecule has 236 valence electrons. The maximum atomic E-state index is 2.41. The Bertz CT molecular complexity index is 1990. The lowest BCUT2D eigenvalue weighted by molar-refractivity contribution is 0.917. The van der Waals surface area contributed by atoms with Crippen molar-refractivity contribution >= 4 is 34.9 Å². The minimum atomic E-state index is 1.04. The molecule has 0 bridgehead atoms. The van der Waals surface area contributed by atoms with Crippen LogP contribution in [0, 0.1) is 13.8 Å². The lowest BCUT2D eigenvalue weighted by atomic mass is 10.0. The summed E-state index contributed by atoms with van der Waals surface area (Å²) in [5, 5.41) is 0. The summed E-state index contributed by atoms with van der Waals surface area (Å²) in [6, 6.07) is 44.1. The predicted octanol–water partition coefficient (Wildman–Crippen LogP) is 12.9. The van der Waals surface area contributed by atoms with Crippen molar-refractivity contribution in [2.75, 3.05) is 9.80 Å². The summed E-state index contributed by atoms with van der Waals surface area (Å²) >= 11 is 0. The van der Waals surface area contributed by atoms with Gasteiger partial charge in [-0.25, -0.2) is 0 Å². The van der Waals surface area contributed by atoms with Crippen molar-refractivity contribution in [1.82, 2.24) is 0 Å². The van der Waals surface area contributed by atoms with Gasteiger partial charge in [0, 0.05) is 34.1 Å². The molecule has 5 aromatic rings. The Morgan fingerprint density at radius 2 is 1.10 bits per heavy atom. The smallest absolute Gasteiger partial charge is 0.0463 e. The van der Waals surface area contributed by atoms with E-state index in [1.165, 1.54) is 61.8 Å². The Morgan fingerprint density at radius 1 is 0.521 bits per heavy atom. The first-order valence-electron chi connectivity index (χ1n) is 17.1. The van der Waals surface area contributed by atoms with Crippen molar-refractivity contribution in [2.24, 2.45) is 0 Å². The lowest BCUT2D eigenvalue weighted by Crippen LogP contribution is -2.17. The highest BCUT2D eigenvalue weighted by atomic mass is 15.2. The van der Waals surface area contributed by atoms with E-state index < -0.39 is 0 Å². The Morgan fingerprint density at radius 3 is 1.71 bits per heavy atom. The second kappa shape index (κ2) is 14.4. The second-order valence-corrected chi connectivity index (χ2v) is 12.7. The Kier molecular flexibility index (Phi) is 9.33. The summed E-state index contributed by atoms with van der Waals surface area (Å²) in [4.78, 5) is 4.75. The largest absolute Gasteiger partial charge is 0.314 e. The number of benzene rings is 5. The van der Waals surface area contributed by atoms with E-state index in [2.05, 4.69) is 194 Å². The van der Waals surface area contributed by atoms with Gasteiger partial charge >= 0.3 is 0 Å². The number of hydrogen-bond acceptors (Lipinski definition) is 2. The molecule has 0 fully saturated rings. The molecule has 7 rings (SSSR count). The zero-order chi connectivity index (χ0) is 32.7. The quantitative estimate of drug-likeness (QED) is 0.151. The highest BCUT2D eigenvalue weighted by molar-refractivity contribution is 5.77. The van der Waals surface area contributed by atoms with Gasteiger partial charge in [-0.05, 0) is 134 Å². The molecule has 0 amide bonds. The average Bonchev–Trinajstić information content (AvgIpc) is 3.13. The SMILES string of the molecule is Cc1cc(C)cc(N(C2=CC=CCC2)c2ccc(/C=C/c3ccc(-c4ccc(N(C5=CCCC=C5)c5ccccc5)cc4)cc3)cc2)c1. The molecule has 2 heteroatoms. The van der Waals surface area contributed by atoms with E-state index in [1.807, 2.05) is 0 Å². The first-order chi connectivity index (χ1) is 23.6. The van der Waals surface area contributed by atoms with Gasteiger partial charge in [-0.1, -0.05) is 109 Å². The fourth-order valence-corrected chi connectivity index (χ4v) is 6.64. The van der Waals surface area contributed by atoms with Crippen molar-refractivity contribution in [1.29, 1.82) is 0 Å². The molecule has 0 N–H and O–H groups in total. The summed E-state index contributed by atoms with van der Waals surface area (Å²) in [7, 11) is 0. The normalized spacial score (nSPS) is 14.1. The predicted molar refractivity (Wildman–Crippen MR) is 207 cm³/mol. The molecular formula is C46H42N2. The van der Waals surface area contributed by atoms with Crippen LogP contribution in [0.5, 0.6) is 0 Å². The van der Waals surface area contributed by atoms with E-state index in [1.54, 1.807) is 0 Å². The van der Waals surface area contributed by atoms with Crippen LogP contribution in [0.4, 0.5) is 22.7 Å². The Balaban J connectivity index is 1.06. The number of aryl methyl sites for hydroxylation is 2. The molecule has 0 radical (unpaired) electrons. The number of para-hydroxylation sites is 1. The van der Waals surface area contributed by atoms with Gasteiger partial charge in [-0.3, -0.25) is 0 Å². The van der Waals surface area contributed by atoms with Crippen molar-refractivity contribution in [3.8, 4) is 11.1 Å². The topological polar surface area (TPSA) is 6.48 Å². The average molecular weight is 623 g/mol. The molecule has 0 unspecified atom stereocenters. The van der Waals surface area contributed by atoms with Crippen LogP contribution >= 0.6 is 0 Å². The van der Waals surface area contributed by atoms with Crippen LogP contribution in [-0.2, 0) is 0 Å². The zero-order valence-corrected chi connectivity index (χ0v) is 27.9. The van der Waals surface area contributed by atoms with Crippen molar-refractivity contribution < 1.29 is 0 Å². The van der Waals surface area contributed by atoms with Crippen LogP contribution in [0.2, 0.25) is 0 Å². The van der Waals surface area contributed by atoms with E-state index in [0.717, 1.165) is 31.4 Å². The molecule has 0 spiro atoms. The van der Waals surface area contributed by atoms with Crippen LogP contribution in [0.3, 0.4) is 0 Å². The van der Waals surface area contributed by atoms with Crippen LogP contribution in [0.15, 0.2) is 169 Å². The first kappa shape index (κ1) is 31.0. The van der Waals surface area contributed by atoms with Crippen molar-refractivity contribution in [2.45, 2.75) is 39.5 Å². The molecule has 2 aliphatic carbocycles. The third kappa shape index (κ3) is 7.19. The van der Waals surface area contributed by atoms with E-state index in [0.29, 0.717) is 0 Å². The van der Waals surface area contributed by atoms with Gasteiger partial charge in [0.15, 0.2) is 0 Å². The zero-order valence-electron chi connectivity index (χ0n) is 27.9. The molecule has 0 heterocycles. The maximum absolute atomic E-state index is 2.41. The Hall–Kier alpha value is -5.60. The summed E-state index contributed by atoms with van der Waals surface area (Å²) < 4.78 is 0. The third-order valence-corrected chi connectivity index (χ3v) is 8.98. The number of hydrogen-bond donors (Lipinski definition) is 0. The molecule has 48 heavy (non-hydrogen) atoms. The van der Waals surface area contributed by atoms with Gasteiger partial charge in [-0.2, -0.15) is 0 Å². The van der Waals surface area contributed by atoms with Gasteiger partial charge in [0.05, 0.1) is 0 Å². The number of rotatable bonds is 9. The second-order valence-electron chi connectivity index (χ2n) is 12.7. The summed E-state index contributed by atoms with van der Waals surface area (Å²) in [6.07, 6.45) is 22.2. The standard InChI is InChI=1S/C46H42N2/c1-35-32-36(2)34-46(33-35)48(43-16-10-5-11-17-43)44-28-22-38(23-29-44)19-18-37-20-24-39(25-21-37)40-26-30-45(31-27-40)47(41-12-6-3-7-13-41)42-14-8-4-9-15-42/h3,5-8,10,12-16,18-34H,4,9,11,17H2,1-2H3/b19-18+. The Labute approximate surface area is 286 Å². The fraction of sp³-hybridized carbons (Fsp3) is 0.130. The molecule has 0 saturated heterocycles. The highest BCUT2D eigenvalue weighted by Crippen LogP contribution is 2.36. The van der Waals surface area contributed by atoms with Crippen molar-refractivity contribution in [3.63, 3.8) is 0 Å². The van der Waals surface area contributed by atoms with E-state index in [-0.39, 0.29) is 0 Å². The van der Waals surface area contributed by atoms with Gasteiger partial charge in [0.2, 0.25) is 0 Å². The fourth-order valence-electron chi connectivity index (χ4n) is 6.64. The van der Waals surface area contributed by atoms with Crippen LogP contribution in [0.25, 0.3) is 23.3 Å². The molecule has 0 saturated carbocycles. The monoisotopic (exact) mass is 622 g/mol. The number of nitrogens with zero attached hydrogens (tertiary/aromatic N) is 2. The van der Waals surface area contributed by atoms with Gasteiger partial charge in [0.25, 0.3) is 0 Å². The molecule has 0 aromatic heterocycles.